The summed E-state index contributed by atoms with van der Waals surface area (Å²) >= 11 is 0. The number of piperazine rings is 1. The smallest absolute Gasteiger partial charge is 0.409 e. The van der Waals surface area contributed by atoms with Crippen molar-refractivity contribution >= 4 is 6.09 Å². The third-order valence-corrected chi connectivity index (χ3v) is 5.83. The molecule has 1 saturated heterocycles. The van der Waals surface area contributed by atoms with Crippen molar-refractivity contribution in [2.75, 3.05) is 45.9 Å². The van der Waals surface area contributed by atoms with Gasteiger partial charge in [-0.2, -0.15) is 0 Å². The maximum atomic E-state index is 11.7. The lowest BCUT2D eigenvalue weighted by molar-refractivity contribution is -0.0752. The maximum absolute atomic E-state index is 11.7. The fraction of sp³-hybridized carbons (Fsp3) is 0.950. The summed E-state index contributed by atoms with van der Waals surface area (Å²) in [7, 11) is 0. The molecule has 0 bridgehead atoms. The molecule has 2 fully saturated rings. The first-order valence-electron chi connectivity index (χ1n) is 10.3. The van der Waals surface area contributed by atoms with Crippen molar-refractivity contribution < 1.29 is 19.4 Å². The first kappa shape index (κ1) is 21.5. The molecule has 0 aromatic heterocycles. The van der Waals surface area contributed by atoms with Gasteiger partial charge in [0.25, 0.3) is 0 Å². The van der Waals surface area contributed by atoms with Gasteiger partial charge in [-0.25, -0.2) is 4.79 Å². The number of aliphatic hydroxyl groups excluding tert-OH is 1. The number of ether oxygens (including phenoxy) is 2. The molecule has 0 unspecified atom stereocenters. The summed E-state index contributed by atoms with van der Waals surface area (Å²) in [5.41, 5.74) is 0. The summed E-state index contributed by atoms with van der Waals surface area (Å²) in [5.74, 6) is 1.94. The van der Waals surface area contributed by atoms with Crippen LogP contribution >= 0.6 is 0 Å². The quantitative estimate of drug-likeness (QED) is 0.746. The van der Waals surface area contributed by atoms with E-state index in [1.54, 1.807) is 4.90 Å². The van der Waals surface area contributed by atoms with E-state index in [1.165, 1.54) is 12.8 Å². The van der Waals surface area contributed by atoms with E-state index in [2.05, 4.69) is 25.7 Å². The zero-order valence-electron chi connectivity index (χ0n) is 17.0. The average molecular weight is 371 g/mol. The Bertz CT molecular complexity index is 424. The normalized spacial score (nSPS) is 29.0. The molecule has 4 atom stereocenters. The second kappa shape index (κ2) is 10.5. The average Bonchev–Trinajstić information content (AvgIpc) is 2.60. The zero-order valence-corrected chi connectivity index (χ0v) is 17.0. The Kier molecular flexibility index (Phi) is 8.64. The SMILES string of the molecule is CCOC(=O)N1CCN(C[C@H](O)CO[C@@H]2C[C@H](C)CC[C@H]2C(C)C)CC1. The van der Waals surface area contributed by atoms with E-state index < -0.39 is 6.10 Å². The fourth-order valence-electron chi connectivity index (χ4n) is 4.22. The highest BCUT2D eigenvalue weighted by atomic mass is 16.6. The van der Waals surface area contributed by atoms with Crippen molar-refractivity contribution in [1.82, 2.24) is 9.80 Å². The van der Waals surface area contributed by atoms with E-state index in [4.69, 9.17) is 9.47 Å². The van der Waals surface area contributed by atoms with Crippen LogP contribution in [0.15, 0.2) is 0 Å². The highest BCUT2D eigenvalue weighted by molar-refractivity contribution is 5.67. The lowest BCUT2D eigenvalue weighted by Gasteiger charge is -2.38. The maximum Gasteiger partial charge on any atom is 0.409 e. The Morgan fingerprint density at radius 3 is 2.50 bits per heavy atom. The Labute approximate surface area is 158 Å². The van der Waals surface area contributed by atoms with Crippen molar-refractivity contribution in [2.45, 2.75) is 59.2 Å². The number of hydrogen-bond acceptors (Lipinski definition) is 5. The Hall–Kier alpha value is -0.850. The lowest BCUT2D eigenvalue weighted by Crippen LogP contribution is -2.51. The highest BCUT2D eigenvalue weighted by Gasteiger charge is 2.32. The molecule has 152 valence electrons. The minimum atomic E-state index is -0.478. The van der Waals surface area contributed by atoms with Gasteiger partial charge in [-0.1, -0.05) is 27.2 Å². The van der Waals surface area contributed by atoms with E-state index in [1.807, 2.05) is 6.92 Å². The summed E-state index contributed by atoms with van der Waals surface area (Å²) in [6.07, 6.45) is 3.18. The van der Waals surface area contributed by atoms with Gasteiger partial charge in [-0.05, 0) is 37.5 Å². The fourth-order valence-corrected chi connectivity index (χ4v) is 4.22. The number of β-amino-alcohol motifs (C(OH)–C–C–N with tert-alkyl or cyclic N) is 1. The molecule has 6 heteroatoms. The van der Waals surface area contributed by atoms with Crippen LogP contribution in [-0.4, -0.2) is 79.1 Å². The predicted molar refractivity (Wildman–Crippen MR) is 102 cm³/mol. The molecule has 1 aliphatic carbocycles. The summed E-state index contributed by atoms with van der Waals surface area (Å²) in [6.45, 7) is 12.9. The van der Waals surface area contributed by atoms with Gasteiger partial charge in [0, 0.05) is 32.7 Å². The van der Waals surface area contributed by atoms with Crippen molar-refractivity contribution in [3.05, 3.63) is 0 Å². The van der Waals surface area contributed by atoms with Gasteiger partial charge in [0.2, 0.25) is 0 Å². The third kappa shape index (κ3) is 6.39. The number of amides is 1. The summed E-state index contributed by atoms with van der Waals surface area (Å²) in [6, 6.07) is 0. The molecule has 1 amide bonds. The molecule has 26 heavy (non-hydrogen) atoms. The summed E-state index contributed by atoms with van der Waals surface area (Å²) in [4.78, 5) is 15.7. The van der Waals surface area contributed by atoms with Crippen LogP contribution in [-0.2, 0) is 9.47 Å². The predicted octanol–water partition coefficient (Wildman–Crippen LogP) is 2.60. The summed E-state index contributed by atoms with van der Waals surface area (Å²) in [5, 5.41) is 10.4. The molecule has 1 N–H and O–H groups in total. The van der Waals surface area contributed by atoms with Gasteiger partial charge in [0.15, 0.2) is 0 Å². The second-order valence-corrected chi connectivity index (χ2v) is 8.34. The van der Waals surface area contributed by atoms with Gasteiger partial charge in [-0.15, -0.1) is 0 Å². The molecule has 0 spiro atoms. The van der Waals surface area contributed by atoms with Gasteiger partial charge in [-0.3, -0.25) is 4.90 Å². The van der Waals surface area contributed by atoms with E-state index in [-0.39, 0.29) is 12.2 Å². The van der Waals surface area contributed by atoms with Gasteiger partial charge in [0.05, 0.1) is 25.4 Å². The molecule has 2 rings (SSSR count). The van der Waals surface area contributed by atoms with Crippen LogP contribution in [0.1, 0.15) is 47.0 Å². The first-order valence-corrected chi connectivity index (χ1v) is 10.3. The molecule has 1 saturated carbocycles. The number of aliphatic hydroxyl groups is 1. The molecule has 1 heterocycles. The Morgan fingerprint density at radius 2 is 1.88 bits per heavy atom. The van der Waals surface area contributed by atoms with E-state index in [0.29, 0.717) is 50.6 Å². The van der Waals surface area contributed by atoms with Crippen molar-refractivity contribution in [3.8, 4) is 0 Å². The topological polar surface area (TPSA) is 62.2 Å². The lowest BCUT2D eigenvalue weighted by atomic mass is 9.75. The zero-order chi connectivity index (χ0) is 19.1. The van der Waals surface area contributed by atoms with Gasteiger partial charge in [0.1, 0.15) is 0 Å². The van der Waals surface area contributed by atoms with Crippen LogP contribution in [0.4, 0.5) is 4.79 Å². The molecular weight excluding hydrogens is 332 g/mol. The molecule has 0 aromatic rings. The van der Waals surface area contributed by atoms with Crippen molar-refractivity contribution in [3.63, 3.8) is 0 Å². The molecular formula is C20H38N2O4. The standard InChI is InChI=1S/C20H38N2O4/c1-5-25-20(24)22-10-8-21(9-11-22)13-17(23)14-26-19-12-16(4)6-7-18(19)15(2)3/h15-19,23H,5-14H2,1-4H3/t16-,17+,18+,19-/m1/s1. The van der Waals surface area contributed by atoms with Crippen LogP contribution in [0.5, 0.6) is 0 Å². The summed E-state index contributed by atoms with van der Waals surface area (Å²) < 4.78 is 11.2. The largest absolute Gasteiger partial charge is 0.450 e. The van der Waals surface area contributed by atoms with Crippen LogP contribution in [0.2, 0.25) is 0 Å². The molecule has 1 aliphatic heterocycles. The number of rotatable bonds is 7. The van der Waals surface area contributed by atoms with Gasteiger partial charge < -0.3 is 19.5 Å². The van der Waals surface area contributed by atoms with Crippen LogP contribution in [0, 0.1) is 17.8 Å². The van der Waals surface area contributed by atoms with E-state index >= 15 is 0 Å². The van der Waals surface area contributed by atoms with Crippen LogP contribution < -0.4 is 0 Å². The number of hydrogen-bond donors (Lipinski definition) is 1. The van der Waals surface area contributed by atoms with Crippen molar-refractivity contribution in [2.24, 2.45) is 17.8 Å². The van der Waals surface area contributed by atoms with E-state index in [0.717, 1.165) is 19.5 Å². The monoisotopic (exact) mass is 370 g/mol. The van der Waals surface area contributed by atoms with Gasteiger partial charge >= 0.3 is 6.09 Å². The Balaban J connectivity index is 1.70. The highest BCUT2D eigenvalue weighted by Crippen LogP contribution is 2.35. The van der Waals surface area contributed by atoms with Crippen LogP contribution in [0.3, 0.4) is 0 Å². The number of nitrogens with zero attached hydrogens (tertiary/aromatic N) is 2. The van der Waals surface area contributed by atoms with Crippen LogP contribution in [0.25, 0.3) is 0 Å². The number of carbonyl (C=O) groups excluding carboxylic acids is 1. The third-order valence-electron chi connectivity index (χ3n) is 5.83. The Morgan fingerprint density at radius 1 is 1.19 bits per heavy atom. The molecule has 2 aliphatic rings. The van der Waals surface area contributed by atoms with Crippen molar-refractivity contribution in [1.29, 1.82) is 0 Å². The minimum absolute atomic E-state index is 0.234. The molecule has 0 radical (unpaired) electrons. The minimum Gasteiger partial charge on any atom is -0.450 e. The second-order valence-electron chi connectivity index (χ2n) is 8.34. The molecule has 0 aromatic carbocycles. The molecule has 6 nitrogen and oxygen atoms in total. The number of carbonyl (C=O) groups is 1. The first-order chi connectivity index (χ1) is 12.4. The van der Waals surface area contributed by atoms with E-state index in [9.17, 15) is 9.90 Å².